The van der Waals surface area contributed by atoms with Gasteiger partial charge in [-0.1, -0.05) is 24.3 Å². The fourth-order valence-corrected chi connectivity index (χ4v) is 1.68. The number of halogens is 1. The van der Waals surface area contributed by atoms with Gasteiger partial charge >= 0.3 is 0 Å². The highest BCUT2D eigenvalue weighted by atomic mass is 19.1. The largest absolute Gasteiger partial charge is 0.366 e. The molecule has 0 radical (unpaired) electrons. The van der Waals surface area contributed by atoms with Crippen molar-refractivity contribution in [1.29, 1.82) is 0 Å². The quantitative estimate of drug-likeness (QED) is 0.830. The zero-order valence-electron chi connectivity index (χ0n) is 10.5. The first-order chi connectivity index (χ1) is 9.15. The predicted molar refractivity (Wildman–Crippen MR) is 72.3 cm³/mol. The summed E-state index contributed by atoms with van der Waals surface area (Å²) in [6, 6.07) is 12.0. The van der Waals surface area contributed by atoms with E-state index in [4.69, 9.17) is 0 Å². The summed E-state index contributed by atoms with van der Waals surface area (Å²) in [6.07, 6.45) is 0. The van der Waals surface area contributed by atoms with Gasteiger partial charge in [-0.05, 0) is 23.8 Å². The molecule has 0 aliphatic carbocycles. The Kier molecular flexibility index (Phi) is 4.07. The Bertz CT molecular complexity index is 586. The maximum atomic E-state index is 12.9. The number of aromatic nitrogens is 1. The van der Waals surface area contributed by atoms with Gasteiger partial charge in [0.05, 0.1) is 0 Å². The first kappa shape index (κ1) is 13.0. The third kappa shape index (κ3) is 3.77. The molecule has 0 bridgehead atoms. The van der Waals surface area contributed by atoms with Crippen LogP contribution < -0.4 is 10.6 Å². The van der Waals surface area contributed by atoms with Crippen molar-refractivity contribution in [2.45, 2.75) is 13.5 Å². The van der Waals surface area contributed by atoms with Crippen molar-refractivity contribution in [3.63, 3.8) is 0 Å². The normalized spacial score (nSPS) is 10.0. The SMILES string of the molecule is CC(=O)Nc1ccccc1CNc1cccc(F)n1. The molecule has 0 fully saturated rings. The second kappa shape index (κ2) is 5.95. The van der Waals surface area contributed by atoms with E-state index in [9.17, 15) is 9.18 Å². The van der Waals surface area contributed by atoms with E-state index in [1.807, 2.05) is 24.3 Å². The number of nitrogens with one attached hydrogen (secondary N) is 2. The molecule has 98 valence electrons. The molecule has 1 aromatic carbocycles. The maximum Gasteiger partial charge on any atom is 0.221 e. The summed E-state index contributed by atoms with van der Waals surface area (Å²) >= 11 is 0. The Balaban J connectivity index is 2.09. The number of anilines is 2. The molecule has 1 heterocycles. The number of carbonyl (C=O) groups excluding carboxylic acids is 1. The van der Waals surface area contributed by atoms with E-state index in [1.54, 1.807) is 12.1 Å². The van der Waals surface area contributed by atoms with Crippen LogP contribution in [-0.2, 0) is 11.3 Å². The van der Waals surface area contributed by atoms with Gasteiger partial charge in [-0.15, -0.1) is 0 Å². The zero-order valence-corrected chi connectivity index (χ0v) is 10.5. The van der Waals surface area contributed by atoms with Gasteiger partial charge in [0.1, 0.15) is 5.82 Å². The number of para-hydroxylation sites is 1. The van der Waals surface area contributed by atoms with Crippen molar-refractivity contribution in [2.75, 3.05) is 10.6 Å². The number of nitrogens with zero attached hydrogens (tertiary/aromatic N) is 1. The summed E-state index contributed by atoms with van der Waals surface area (Å²) in [5.41, 5.74) is 1.64. The minimum absolute atomic E-state index is 0.128. The van der Waals surface area contributed by atoms with Gasteiger partial charge in [0.15, 0.2) is 0 Å². The van der Waals surface area contributed by atoms with Crippen LogP contribution in [0.3, 0.4) is 0 Å². The third-order valence-electron chi connectivity index (χ3n) is 2.50. The highest BCUT2D eigenvalue weighted by Gasteiger charge is 2.03. The summed E-state index contributed by atoms with van der Waals surface area (Å²) in [5.74, 6) is -0.200. The molecule has 2 rings (SSSR count). The fourth-order valence-electron chi connectivity index (χ4n) is 1.68. The molecule has 0 saturated heterocycles. The van der Waals surface area contributed by atoms with Crippen LogP contribution in [0.4, 0.5) is 15.9 Å². The monoisotopic (exact) mass is 259 g/mol. The Morgan fingerprint density at radius 1 is 1.21 bits per heavy atom. The number of carbonyl (C=O) groups is 1. The Morgan fingerprint density at radius 2 is 2.00 bits per heavy atom. The predicted octanol–water partition coefficient (Wildman–Crippen LogP) is 2.79. The summed E-state index contributed by atoms with van der Waals surface area (Å²) < 4.78 is 12.9. The zero-order chi connectivity index (χ0) is 13.7. The lowest BCUT2D eigenvalue weighted by Crippen LogP contribution is -2.10. The molecule has 19 heavy (non-hydrogen) atoms. The second-order valence-corrected chi connectivity index (χ2v) is 4.04. The van der Waals surface area contributed by atoms with Gasteiger partial charge in [-0.2, -0.15) is 4.39 Å². The lowest BCUT2D eigenvalue weighted by molar-refractivity contribution is -0.114. The number of hydrogen-bond donors (Lipinski definition) is 2. The van der Waals surface area contributed by atoms with Crippen molar-refractivity contribution in [3.05, 3.63) is 54.0 Å². The second-order valence-electron chi connectivity index (χ2n) is 4.04. The summed E-state index contributed by atoms with van der Waals surface area (Å²) in [5, 5.41) is 5.76. The van der Waals surface area contributed by atoms with Gasteiger partial charge in [-0.25, -0.2) is 4.98 Å². The van der Waals surface area contributed by atoms with Gasteiger partial charge in [0, 0.05) is 19.2 Å². The van der Waals surface area contributed by atoms with E-state index in [2.05, 4.69) is 15.6 Å². The van der Waals surface area contributed by atoms with Crippen molar-refractivity contribution in [2.24, 2.45) is 0 Å². The van der Waals surface area contributed by atoms with Crippen LogP contribution >= 0.6 is 0 Å². The molecule has 0 saturated carbocycles. The first-order valence-electron chi connectivity index (χ1n) is 5.87. The number of benzene rings is 1. The molecule has 1 amide bonds. The van der Waals surface area contributed by atoms with Gasteiger partial charge in [-0.3, -0.25) is 4.79 Å². The van der Waals surface area contributed by atoms with Crippen LogP contribution in [0, 0.1) is 5.95 Å². The average Bonchev–Trinajstić information content (AvgIpc) is 2.37. The number of amides is 1. The molecule has 0 atom stereocenters. The molecular weight excluding hydrogens is 245 g/mol. The molecule has 5 heteroatoms. The first-order valence-corrected chi connectivity index (χ1v) is 5.87. The number of pyridine rings is 1. The van der Waals surface area contributed by atoms with Gasteiger partial charge < -0.3 is 10.6 Å². The minimum atomic E-state index is -0.528. The number of hydrogen-bond acceptors (Lipinski definition) is 3. The van der Waals surface area contributed by atoms with E-state index < -0.39 is 5.95 Å². The minimum Gasteiger partial charge on any atom is -0.366 e. The Hall–Kier alpha value is -2.43. The highest BCUT2D eigenvalue weighted by molar-refractivity contribution is 5.89. The van der Waals surface area contributed by atoms with E-state index in [0.29, 0.717) is 12.4 Å². The van der Waals surface area contributed by atoms with Crippen LogP contribution in [0.1, 0.15) is 12.5 Å². The Morgan fingerprint density at radius 3 is 2.74 bits per heavy atom. The van der Waals surface area contributed by atoms with Crippen LogP contribution in [0.2, 0.25) is 0 Å². The maximum absolute atomic E-state index is 12.9. The molecule has 0 spiro atoms. The summed E-state index contributed by atoms with van der Waals surface area (Å²) in [4.78, 5) is 14.8. The highest BCUT2D eigenvalue weighted by Crippen LogP contribution is 2.16. The molecule has 0 aliphatic heterocycles. The van der Waals surface area contributed by atoms with Crippen molar-refractivity contribution < 1.29 is 9.18 Å². The van der Waals surface area contributed by atoms with Crippen LogP contribution in [0.5, 0.6) is 0 Å². The molecule has 2 N–H and O–H groups in total. The molecule has 2 aromatic rings. The van der Waals surface area contributed by atoms with Crippen LogP contribution in [-0.4, -0.2) is 10.9 Å². The molecule has 0 aliphatic rings. The van der Waals surface area contributed by atoms with E-state index >= 15 is 0 Å². The van der Waals surface area contributed by atoms with E-state index in [-0.39, 0.29) is 5.91 Å². The average molecular weight is 259 g/mol. The molecule has 4 nitrogen and oxygen atoms in total. The summed E-state index contributed by atoms with van der Waals surface area (Å²) in [6.45, 7) is 1.91. The standard InChI is InChI=1S/C14H14FN3O/c1-10(19)17-12-6-3-2-5-11(12)9-16-14-8-4-7-13(15)18-14/h2-8H,9H2,1H3,(H,16,18)(H,17,19). The van der Waals surface area contributed by atoms with E-state index in [1.165, 1.54) is 13.0 Å². The molecular formula is C14H14FN3O. The van der Waals surface area contributed by atoms with Crippen LogP contribution in [0.15, 0.2) is 42.5 Å². The van der Waals surface area contributed by atoms with Crippen molar-refractivity contribution in [3.8, 4) is 0 Å². The smallest absolute Gasteiger partial charge is 0.221 e. The fraction of sp³-hybridized carbons (Fsp3) is 0.143. The topological polar surface area (TPSA) is 54.0 Å². The summed E-state index contributed by atoms with van der Waals surface area (Å²) in [7, 11) is 0. The van der Waals surface area contributed by atoms with Gasteiger partial charge in [0.25, 0.3) is 0 Å². The van der Waals surface area contributed by atoms with Crippen molar-refractivity contribution in [1.82, 2.24) is 4.98 Å². The van der Waals surface area contributed by atoms with Crippen molar-refractivity contribution >= 4 is 17.4 Å². The number of rotatable bonds is 4. The lowest BCUT2D eigenvalue weighted by Gasteiger charge is -2.11. The van der Waals surface area contributed by atoms with Gasteiger partial charge in [0.2, 0.25) is 11.9 Å². The van der Waals surface area contributed by atoms with E-state index in [0.717, 1.165) is 11.3 Å². The third-order valence-corrected chi connectivity index (χ3v) is 2.50. The van der Waals surface area contributed by atoms with Crippen LogP contribution in [0.25, 0.3) is 0 Å². The lowest BCUT2D eigenvalue weighted by atomic mass is 10.1. The Labute approximate surface area is 110 Å². The molecule has 1 aromatic heterocycles. The molecule has 0 unspecified atom stereocenters.